The number of halogens is 1. The van der Waals surface area contributed by atoms with Gasteiger partial charge in [0.1, 0.15) is 11.6 Å². The van der Waals surface area contributed by atoms with Crippen LogP contribution in [0.3, 0.4) is 0 Å². The van der Waals surface area contributed by atoms with Crippen LogP contribution in [0.1, 0.15) is 44.0 Å². The Bertz CT molecular complexity index is 416. The van der Waals surface area contributed by atoms with Crippen LogP contribution in [-0.4, -0.2) is 17.2 Å². The zero-order valence-corrected chi connectivity index (χ0v) is 10.9. The van der Waals surface area contributed by atoms with Gasteiger partial charge in [0.05, 0.1) is 11.7 Å². The van der Waals surface area contributed by atoms with Crippen molar-refractivity contribution in [3.63, 3.8) is 0 Å². The summed E-state index contributed by atoms with van der Waals surface area (Å²) < 4.78 is 18.6. The van der Waals surface area contributed by atoms with Gasteiger partial charge in [-0.2, -0.15) is 0 Å². The average molecular weight is 254 g/mol. The summed E-state index contributed by atoms with van der Waals surface area (Å²) in [5.74, 6) is -1.13. The van der Waals surface area contributed by atoms with E-state index >= 15 is 0 Å². The zero-order valence-electron chi connectivity index (χ0n) is 10.9. The molecule has 18 heavy (non-hydrogen) atoms. The molecule has 0 saturated heterocycles. The number of rotatable bonds is 5. The predicted octanol–water partition coefficient (Wildman–Crippen LogP) is 3.51. The minimum absolute atomic E-state index is 0.149. The van der Waals surface area contributed by atoms with E-state index in [2.05, 4.69) is 13.8 Å². The molecule has 4 heteroatoms. The lowest BCUT2D eigenvalue weighted by molar-refractivity contribution is 0.0308. The van der Waals surface area contributed by atoms with Crippen molar-refractivity contribution in [3.05, 3.63) is 29.6 Å². The van der Waals surface area contributed by atoms with Crippen molar-refractivity contribution in [2.75, 3.05) is 0 Å². The highest BCUT2D eigenvalue weighted by atomic mass is 19.1. The van der Waals surface area contributed by atoms with Crippen molar-refractivity contribution < 1.29 is 19.0 Å². The van der Waals surface area contributed by atoms with E-state index in [0.717, 1.165) is 18.9 Å². The third-order valence-electron chi connectivity index (χ3n) is 2.63. The summed E-state index contributed by atoms with van der Waals surface area (Å²) in [5.41, 5.74) is -0.149. The van der Waals surface area contributed by atoms with E-state index in [1.807, 2.05) is 0 Å². The number of benzene rings is 1. The number of carbonyl (C=O) groups excluding carboxylic acids is 1. The lowest BCUT2D eigenvalue weighted by Crippen LogP contribution is -2.16. The normalized spacial score (nSPS) is 12.5. The van der Waals surface area contributed by atoms with Crippen LogP contribution in [0.25, 0.3) is 0 Å². The number of hydrogen-bond acceptors (Lipinski definition) is 3. The van der Waals surface area contributed by atoms with E-state index in [9.17, 15) is 9.18 Å². The van der Waals surface area contributed by atoms with E-state index in [0.29, 0.717) is 5.92 Å². The predicted molar refractivity (Wildman–Crippen MR) is 67.0 cm³/mol. The highest BCUT2D eigenvalue weighted by Crippen LogP contribution is 2.17. The van der Waals surface area contributed by atoms with Gasteiger partial charge in [0.2, 0.25) is 0 Å². The number of aromatic hydroxyl groups is 1. The third-order valence-corrected chi connectivity index (χ3v) is 2.63. The molecule has 1 aromatic rings. The van der Waals surface area contributed by atoms with Gasteiger partial charge in [0.15, 0.2) is 0 Å². The van der Waals surface area contributed by atoms with E-state index in [4.69, 9.17) is 9.84 Å². The third kappa shape index (κ3) is 4.35. The lowest BCUT2D eigenvalue weighted by atomic mass is 10.1. The van der Waals surface area contributed by atoms with E-state index in [1.54, 1.807) is 6.92 Å². The van der Waals surface area contributed by atoms with Gasteiger partial charge < -0.3 is 9.84 Å². The Kier molecular flexibility index (Phi) is 5.13. The molecular weight excluding hydrogens is 235 g/mol. The first-order valence-electron chi connectivity index (χ1n) is 6.09. The fourth-order valence-electron chi connectivity index (χ4n) is 1.54. The number of ether oxygens (including phenoxy) is 1. The summed E-state index contributed by atoms with van der Waals surface area (Å²) in [7, 11) is 0. The first-order valence-corrected chi connectivity index (χ1v) is 6.09. The van der Waals surface area contributed by atoms with Crippen LogP contribution >= 0.6 is 0 Å². The van der Waals surface area contributed by atoms with Gasteiger partial charge in [-0.3, -0.25) is 0 Å². The van der Waals surface area contributed by atoms with Gasteiger partial charge in [-0.25, -0.2) is 9.18 Å². The van der Waals surface area contributed by atoms with E-state index < -0.39 is 11.8 Å². The topological polar surface area (TPSA) is 46.5 Å². The van der Waals surface area contributed by atoms with Crippen LogP contribution in [0.2, 0.25) is 0 Å². The second-order valence-corrected chi connectivity index (χ2v) is 4.85. The minimum Gasteiger partial charge on any atom is -0.508 e. The number of phenolic OH excluding ortho intramolecular Hbond substituents is 1. The maximum absolute atomic E-state index is 13.4. The Morgan fingerprint density at radius 2 is 2.00 bits per heavy atom. The fourth-order valence-corrected chi connectivity index (χ4v) is 1.54. The molecule has 1 aromatic carbocycles. The van der Waals surface area contributed by atoms with Gasteiger partial charge in [-0.15, -0.1) is 0 Å². The smallest absolute Gasteiger partial charge is 0.341 e. The Balaban J connectivity index is 2.59. The summed E-state index contributed by atoms with van der Waals surface area (Å²) in [6, 6.07) is 3.38. The van der Waals surface area contributed by atoms with Crippen molar-refractivity contribution in [2.45, 2.75) is 39.7 Å². The maximum atomic E-state index is 13.4. The number of esters is 1. The molecule has 0 aliphatic heterocycles. The molecule has 1 atom stereocenters. The van der Waals surface area contributed by atoms with Crippen LogP contribution in [0, 0.1) is 11.7 Å². The molecule has 0 radical (unpaired) electrons. The molecule has 0 aliphatic rings. The SMILES string of the molecule is CC(C)CC[C@@H](C)OC(=O)c1ccc(O)cc1F. The summed E-state index contributed by atoms with van der Waals surface area (Å²) in [4.78, 5) is 11.7. The van der Waals surface area contributed by atoms with Crippen molar-refractivity contribution in [1.29, 1.82) is 0 Å². The second kappa shape index (κ2) is 6.38. The summed E-state index contributed by atoms with van der Waals surface area (Å²) >= 11 is 0. The average Bonchev–Trinajstić information content (AvgIpc) is 2.26. The molecule has 0 aromatic heterocycles. The maximum Gasteiger partial charge on any atom is 0.341 e. The highest BCUT2D eigenvalue weighted by molar-refractivity contribution is 5.89. The molecule has 1 N–H and O–H groups in total. The summed E-state index contributed by atoms with van der Waals surface area (Å²) in [6.07, 6.45) is 1.46. The number of carbonyl (C=O) groups is 1. The molecule has 3 nitrogen and oxygen atoms in total. The highest BCUT2D eigenvalue weighted by Gasteiger charge is 2.16. The molecule has 100 valence electrons. The second-order valence-electron chi connectivity index (χ2n) is 4.85. The quantitative estimate of drug-likeness (QED) is 0.818. The minimum atomic E-state index is -0.768. The molecule has 0 fully saturated rings. The standard InChI is InChI=1S/C14H19FO3/c1-9(2)4-5-10(3)18-14(17)12-7-6-11(16)8-13(12)15/h6-10,16H,4-5H2,1-3H3/t10-/m1/s1. The van der Waals surface area contributed by atoms with Gasteiger partial charge in [0, 0.05) is 6.07 Å². The summed E-state index contributed by atoms with van der Waals surface area (Å²) in [5, 5.41) is 9.05. The molecule has 0 bridgehead atoms. The lowest BCUT2D eigenvalue weighted by Gasteiger charge is -2.14. The van der Waals surface area contributed by atoms with Gasteiger partial charge in [-0.1, -0.05) is 13.8 Å². The van der Waals surface area contributed by atoms with Crippen molar-refractivity contribution in [1.82, 2.24) is 0 Å². The first kappa shape index (κ1) is 14.5. The Labute approximate surface area is 107 Å². The summed E-state index contributed by atoms with van der Waals surface area (Å²) in [6.45, 7) is 5.97. The molecule has 0 heterocycles. The molecule has 0 spiro atoms. The molecule has 0 saturated carbocycles. The molecule has 0 amide bonds. The largest absolute Gasteiger partial charge is 0.508 e. The monoisotopic (exact) mass is 254 g/mol. The van der Waals surface area contributed by atoms with E-state index in [-0.39, 0.29) is 17.4 Å². The van der Waals surface area contributed by atoms with E-state index in [1.165, 1.54) is 12.1 Å². The number of hydrogen-bond donors (Lipinski definition) is 1. The Morgan fingerprint density at radius 1 is 1.33 bits per heavy atom. The first-order chi connectivity index (χ1) is 8.40. The zero-order chi connectivity index (χ0) is 13.7. The molecular formula is C14H19FO3. The van der Waals surface area contributed by atoms with Crippen molar-refractivity contribution in [2.24, 2.45) is 5.92 Å². The van der Waals surface area contributed by atoms with Crippen LogP contribution in [-0.2, 0) is 4.74 Å². The molecule has 1 rings (SSSR count). The fraction of sp³-hybridized carbons (Fsp3) is 0.500. The molecule has 0 aliphatic carbocycles. The Morgan fingerprint density at radius 3 is 2.56 bits per heavy atom. The van der Waals surface area contributed by atoms with Crippen LogP contribution in [0.5, 0.6) is 5.75 Å². The van der Waals surface area contributed by atoms with Crippen molar-refractivity contribution >= 4 is 5.97 Å². The van der Waals surface area contributed by atoms with Crippen LogP contribution in [0.15, 0.2) is 18.2 Å². The molecule has 0 unspecified atom stereocenters. The Hall–Kier alpha value is -1.58. The van der Waals surface area contributed by atoms with Crippen LogP contribution < -0.4 is 0 Å². The van der Waals surface area contributed by atoms with Crippen molar-refractivity contribution in [3.8, 4) is 5.75 Å². The van der Waals surface area contributed by atoms with Gasteiger partial charge in [-0.05, 0) is 37.8 Å². The van der Waals surface area contributed by atoms with Crippen LogP contribution in [0.4, 0.5) is 4.39 Å². The number of phenols is 1. The van der Waals surface area contributed by atoms with Gasteiger partial charge in [0.25, 0.3) is 0 Å². The van der Waals surface area contributed by atoms with Gasteiger partial charge >= 0.3 is 5.97 Å².